The lowest BCUT2D eigenvalue weighted by Gasteiger charge is -2.24. The van der Waals surface area contributed by atoms with Gasteiger partial charge in [-0.1, -0.05) is 12.8 Å². The number of nitrogens with one attached hydrogen (secondary N) is 1. The van der Waals surface area contributed by atoms with Gasteiger partial charge in [-0.3, -0.25) is 0 Å². The van der Waals surface area contributed by atoms with E-state index < -0.39 is 0 Å². The van der Waals surface area contributed by atoms with Gasteiger partial charge in [0.25, 0.3) is 0 Å². The lowest BCUT2D eigenvalue weighted by atomic mass is 9.97. The second-order valence-corrected chi connectivity index (χ2v) is 5.52. The van der Waals surface area contributed by atoms with Crippen molar-refractivity contribution in [3.05, 3.63) is 0 Å². The van der Waals surface area contributed by atoms with Crippen LogP contribution in [0.5, 0.6) is 0 Å². The number of hydrogen-bond acceptors (Lipinski definition) is 3. The molecule has 0 aliphatic carbocycles. The van der Waals surface area contributed by atoms with Crippen LogP contribution in [0.15, 0.2) is 0 Å². The third kappa shape index (κ3) is 4.48. The third-order valence-corrected chi connectivity index (χ3v) is 4.01. The highest BCUT2D eigenvalue weighted by molar-refractivity contribution is 5.67. The Morgan fingerprint density at radius 1 is 1.17 bits per heavy atom. The average Bonchev–Trinajstić information content (AvgIpc) is 2.69. The van der Waals surface area contributed by atoms with E-state index in [0.29, 0.717) is 12.5 Å². The van der Waals surface area contributed by atoms with Gasteiger partial charge < -0.3 is 15.0 Å². The van der Waals surface area contributed by atoms with E-state index >= 15 is 0 Å². The van der Waals surface area contributed by atoms with Crippen molar-refractivity contribution < 1.29 is 9.53 Å². The Bertz CT molecular complexity index is 244. The minimum Gasteiger partial charge on any atom is -0.449 e. The number of nitrogens with zero attached hydrogens (tertiary/aromatic N) is 1. The van der Waals surface area contributed by atoms with Crippen LogP contribution in [0.2, 0.25) is 0 Å². The largest absolute Gasteiger partial charge is 0.449 e. The van der Waals surface area contributed by atoms with Crippen molar-refractivity contribution in [2.75, 3.05) is 32.8 Å². The molecule has 1 N–H and O–H groups in total. The standard InChI is InChI=1S/C14H26N2O2/c17-14(16-9-3-1-2-4-10-16)18-11-7-13-6-5-8-15-12-13/h13,15H,1-12H2. The second kappa shape index (κ2) is 7.62. The number of amides is 1. The van der Waals surface area contributed by atoms with Crippen molar-refractivity contribution in [1.29, 1.82) is 0 Å². The van der Waals surface area contributed by atoms with Gasteiger partial charge in [0, 0.05) is 13.1 Å². The van der Waals surface area contributed by atoms with Gasteiger partial charge in [0.15, 0.2) is 0 Å². The average molecular weight is 254 g/mol. The minimum absolute atomic E-state index is 0.0966. The third-order valence-electron chi connectivity index (χ3n) is 4.01. The molecule has 4 nitrogen and oxygen atoms in total. The molecule has 2 aliphatic heterocycles. The predicted octanol–water partition coefficient (Wildman–Crippen LogP) is 2.39. The highest BCUT2D eigenvalue weighted by atomic mass is 16.6. The smallest absolute Gasteiger partial charge is 0.409 e. The molecule has 2 aliphatic rings. The summed E-state index contributed by atoms with van der Waals surface area (Å²) >= 11 is 0. The Labute approximate surface area is 110 Å². The van der Waals surface area contributed by atoms with Crippen molar-refractivity contribution >= 4 is 6.09 Å². The van der Waals surface area contributed by atoms with Crippen molar-refractivity contribution in [2.24, 2.45) is 5.92 Å². The fourth-order valence-electron chi connectivity index (χ4n) is 2.83. The quantitative estimate of drug-likeness (QED) is 0.841. The zero-order valence-corrected chi connectivity index (χ0v) is 11.3. The van der Waals surface area contributed by atoms with Crippen LogP contribution in [0.25, 0.3) is 0 Å². The van der Waals surface area contributed by atoms with E-state index in [1.165, 1.54) is 25.7 Å². The maximum Gasteiger partial charge on any atom is 0.409 e. The minimum atomic E-state index is -0.0966. The highest BCUT2D eigenvalue weighted by Crippen LogP contribution is 2.15. The van der Waals surface area contributed by atoms with Crippen LogP contribution in [0.1, 0.15) is 44.9 Å². The van der Waals surface area contributed by atoms with Gasteiger partial charge in [-0.15, -0.1) is 0 Å². The van der Waals surface area contributed by atoms with Crippen LogP contribution < -0.4 is 5.32 Å². The van der Waals surface area contributed by atoms with Crippen LogP contribution in [-0.2, 0) is 4.74 Å². The Morgan fingerprint density at radius 2 is 1.94 bits per heavy atom. The molecule has 2 rings (SSSR count). The Morgan fingerprint density at radius 3 is 2.61 bits per heavy atom. The first-order valence-corrected chi connectivity index (χ1v) is 7.48. The lowest BCUT2D eigenvalue weighted by molar-refractivity contribution is 0.0963. The predicted molar refractivity (Wildman–Crippen MR) is 71.6 cm³/mol. The summed E-state index contributed by atoms with van der Waals surface area (Å²) in [6.45, 7) is 4.57. The van der Waals surface area contributed by atoms with Crippen LogP contribution in [-0.4, -0.2) is 43.8 Å². The summed E-state index contributed by atoms with van der Waals surface area (Å²) in [5.41, 5.74) is 0. The first-order chi connectivity index (χ1) is 8.86. The molecule has 0 radical (unpaired) electrons. The fraction of sp³-hybridized carbons (Fsp3) is 0.929. The maximum absolute atomic E-state index is 11.9. The molecule has 0 spiro atoms. The summed E-state index contributed by atoms with van der Waals surface area (Å²) in [6.07, 6.45) is 8.19. The molecule has 0 aromatic rings. The molecule has 0 bridgehead atoms. The van der Waals surface area contributed by atoms with Crippen LogP contribution in [0, 0.1) is 5.92 Å². The second-order valence-electron chi connectivity index (χ2n) is 5.52. The van der Waals surface area contributed by atoms with E-state index in [0.717, 1.165) is 45.4 Å². The van der Waals surface area contributed by atoms with E-state index in [-0.39, 0.29) is 6.09 Å². The first-order valence-electron chi connectivity index (χ1n) is 7.48. The van der Waals surface area contributed by atoms with E-state index in [2.05, 4.69) is 5.32 Å². The van der Waals surface area contributed by atoms with Gasteiger partial charge in [-0.25, -0.2) is 4.79 Å². The lowest BCUT2D eigenvalue weighted by Crippen LogP contribution is -2.34. The molecule has 1 atom stereocenters. The fourth-order valence-corrected chi connectivity index (χ4v) is 2.83. The summed E-state index contributed by atoms with van der Waals surface area (Å²) in [7, 11) is 0. The molecular formula is C14H26N2O2. The molecule has 0 saturated carbocycles. The molecule has 18 heavy (non-hydrogen) atoms. The molecule has 0 aromatic heterocycles. The van der Waals surface area contributed by atoms with Crippen molar-refractivity contribution in [1.82, 2.24) is 10.2 Å². The molecular weight excluding hydrogens is 228 g/mol. The number of hydrogen-bond donors (Lipinski definition) is 1. The van der Waals surface area contributed by atoms with Gasteiger partial charge in [0.2, 0.25) is 0 Å². The zero-order chi connectivity index (χ0) is 12.6. The molecule has 0 aromatic carbocycles. The van der Waals surface area contributed by atoms with E-state index in [9.17, 15) is 4.79 Å². The van der Waals surface area contributed by atoms with Crippen molar-refractivity contribution in [3.8, 4) is 0 Å². The summed E-state index contributed by atoms with van der Waals surface area (Å²) in [4.78, 5) is 13.8. The number of carbonyl (C=O) groups excluding carboxylic acids is 1. The van der Waals surface area contributed by atoms with Gasteiger partial charge in [0.05, 0.1) is 6.61 Å². The number of carbonyl (C=O) groups is 1. The highest BCUT2D eigenvalue weighted by Gasteiger charge is 2.18. The van der Waals surface area contributed by atoms with Crippen LogP contribution in [0.4, 0.5) is 4.79 Å². The number of rotatable bonds is 3. The number of ether oxygens (including phenoxy) is 1. The van der Waals surface area contributed by atoms with Crippen molar-refractivity contribution in [3.63, 3.8) is 0 Å². The molecule has 104 valence electrons. The van der Waals surface area contributed by atoms with E-state index in [1.807, 2.05) is 4.90 Å². The molecule has 2 saturated heterocycles. The van der Waals surface area contributed by atoms with Crippen molar-refractivity contribution in [2.45, 2.75) is 44.9 Å². The molecule has 2 heterocycles. The van der Waals surface area contributed by atoms with E-state index in [4.69, 9.17) is 4.74 Å². The molecule has 4 heteroatoms. The first kappa shape index (κ1) is 13.7. The van der Waals surface area contributed by atoms with Gasteiger partial charge in [-0.2, -0.15) is 0 Å². The summed E-state index contributed by atoms with van der Waals surface area (Å²) < 4.78 is 5.40. The maximum atomic E-state index is 11.9. The van der Waals surface area contributed by atoms with Gasteiger partial charge in [0.1, 0.15) is 0 Å². The van der Waals surface area contributed by atoms with Gasteiger partial charge in [-0.05, 0) is 51.1 Å². The topological polar surface area (TPSA) is 41.6 Å². The zero-order valence-electron chi connectivity index (χ0n) is 11.3. The van der Waals surface area contributed by atoms with Crippen LogP contribution >= 0.6 is 0 Å². The Kier molecular flexibility index (Phi) is 5.78. The molecule has 1 unspecified atom stereocenters. The normalized spacial score (nSPS) is 25.6. The summed E-state index contributed by atoms with van der Waals surface area (Å²) in [5.74, 6) is 0.690. The van der Waals surface area contributed by atoms with E-state index in [1.54, 1.807) is 0 Å². The summed E-state index contributed by atoms with van der Waals surface area (Å²) in [6, 6.07) is 0. The molecule has 1 amide bonds. The molecule has 2 fully saturated rings. The Balaban J connectivity index is 1.61. The Hall–Kier alpha value is -0.770. The SMILES string of the molecule is O=C(OCCC1CCCNC1)N1CCCCCC1. The summed E-state index contributed by atoms with van der Waals surface area (Å²) in [5, 5.41) is 3.39. The van der Waals surface area contributed by atoms with Crippen LogP contribution in [0.3, 0.4) is 0 Å². The monoisotopic (exact) mass is 254 g/mol. The number of likely N-dealkylation sites (tertiary alicyclic amines) is 1. The van der Waals surface area contributed by atoms with Gasteiger partial charge >= 0.3 is 6.09 Å². The number of piperidine rings is 1.